The summed E-state index contributed by atoms with van der Waals surface area (Å²) in [7, 11) is -2.96. The van der Waals surface area contributed by atoms with Crippen LogP contribution in [0.15, 0.2) is 72.8 Å². The first kappa shape index (κ1) is 59.9. The number of halogens is 2. The first-order chi connectivity index (χ1) is 28.3. The van der Waals surface area contributed by atoms with Crippen LogP contribution < -0.4 is 24.2 Å². The fourth-order valence-corrected chi connectivity index (χ4v) is 9.16. The van der Waals surface area contributed by atoms with E-state index in [1.54, 1.807) is 0 Å². The van der Waals surface area contributed by atoms with E-state index in [9.17, 15) is 4.57 Å². The molecule has 0 fully saturated rings. The van der Waals surface area contributed by atoms with Crippen molar-refractivity contribution >= 4 is 54.9 Å². The molecule has 0 saturated heterocycles. The molecular weight excluding hydrogens is 920 g/mol. The molecule has 0 saturated carbocycles. The second-order valence-electron chi connectivity index (χ2n) is 16.7. The molecule has 0 aliphatic heterocycles. The van der Waals surface area contributed by atoms with Gasteiger partial charge in [0.2, 0.25) is 5.30 Å². The molecule has 4 nitrogen and oxygen atoms in total. The molecule has 9 heteroatoms. The quantitative estimate of drug-likeness (QED) is 0.0486. The van der Waals surface area contributed by atoms with Crippen LogP contribution in [0.2, 0.25) is 0 Å². The monoisotopic (exact) mass is 997 g/mol. The molecule has 0 aliphatic rings. The zero-order chi connectivity index (χ0) is 45.7. The van der Waals surface area contributed by atoms with Crippen molar-refractivity contribution in [1.29, 1.82) is 0 Å². The van der Waals surface area contributed by atoms with E-state index in [2.05, 4.69) is 174 Å². The molecule has 1 atom stereocenters. The maximum atomic E-state index is 12.7. The van der Waals surface area contributed by atoms with Crippen molar-refractivity contribution < 1.29 is 37.0 Å². The van der Waals surface area contributed by atoms with Gasteiger partial charge in [0.25, 0.3) is 7.73 Å². The molecule has 0 amide bonds. The molecular formula is C52H78ClILiO4P2+. The summed E-state index contributed by atoms with van der Waals surface area (Å²) in [6, 6.07) is 26.3. The average Bonchev–Trinajstić information content (AvgIpc) is 3.20. The van der Waals surface area contributed by atoms with Gasteiger partial charge in [-0.05, 0) is 163 Å². The molecule has 0 heterocycles. The van der Waals surface area contributed by atoms with E-state index < -0.39 is 15.8 Å². The minimum Gasteiger partial charge on any atom is -0.343 e. The van der Waals surface area contributed by atoms with Crippen molar-refractivity contribution in [3.8, 4) is 22.3 Å². The van der Waals surface area contributed by atoms with Gasteiger partial charge < -0.3 is 16.0 Å². The maximum Gasteiger partial charge on any atom is 1.00 e. The van der Waals surface area contributed by atoms with Crippen molar-refractivity contribution in [2.24, 2.45) is 0 Å². The van der Waals surface area contributed by atoms with Crippen molar-refractivity contribution in [2.45, 2.75) is 159 Å². The van der Waals surface area contributed by atoms with Crippen molar-refractivity contribution in [2.75, 3.05) is 19.8 Å². The Labute approximate surface area is 406 Å². The molecule has 4 aromatic rings. The summed E-state index contributed by atoms with van der Waals surface area (Å²) in [5.74, 6) is 2.89. The Kier molecular flexibility index (Phi) is 31.2. The largest absolute Gasteiger partial charge is 1.00 e. The Morgan fingerprint density at radius 3 is 1.25 bits per heavy atom. The van der Waals surface area contributed by atoms with Gasteiger partial charge in [-0.2, -0.15) is 6.42 Å². The predicted octanol–water partition coefficient (Wildman–Crippen LogP) is 15.6. The third kappa shape index (κ3) is 19.5. The van der Waals surface area contributed by atoms with E-state index in [4.69, 9.17) is 24.8 Å². The summed E-state index contributed by atoms with van der Waals surface area (Å²) in [6.07, 6.45) is 2.28. The molecule has 0 radical (unpaired) electrons. The van der Waals surface area contributed by atoms with Crippen LogP contribution in [0, 0.1) is 10.5 Å². The fraction of sp³-hybridized carbons (Fsp3) is 0.519. The first-order valence-corrected chi connectivity index (χ1v) is 26.5. The third-order valence-corrected chi connectivity index (χ3v) is 13.6. The summed E-state index contributed by atoms with van der Waals surface area (Å²) in [6.45, 7) is 40.3. The van der Waals surface area contributed by atoms with Crippen molar-refractivity contribution in [3.63, 3.8) is 0 Å². The topological polar surface area (TPSA) is 44.8 Å². The van der Waals surface area contributed by atoms with Gasteiger partial charge in [0.05, 0.1) is 13.2 Å². The Morgan fingerprint density at radius 1 is 0.590 bits per heavy atom. The number of benzene rings is 4. The van der Waals surface area contributed by atoms with Crippen LogP contribution in [0.4, 0.5) is 0 Å². The number of unbranched alkanes of at least 4 members (excludes halogenated alkanes) is 1. The minimum absolute atomic E-state index is 0. The van der Waals surface area contributed by atoms with Crippen molar-refractivity contribution in [3.05, 3.63) is 117 Å². The van der Waals surface area contributed by atoms with E-state index in [1.165, 1.54) is 60.1 Å². The first-order valence-electron chi connectivity index (χ1n) is 22.1. The second kappa shape index (κ2) is 31.7. The van der Waals surface area contributed by atoms with Gasteiger partial charge in [-0.3, -0.25) is 0 Å². The summed E-state index contributed by atoms with van der Waals surface area (Å²) >= 11 is 7.97. The molecule has 0 aromatic heterocycles. The summed E-state index contributed by atoms with van der Waals surface area (Å²) in [4.78, 5) is 0. The van der Waals surface area contributed by atoms with Crippen LogP contribution >= 0.6 is 49.6 Å². The third-order valence-electron chi connectivity index (χ3n) is 9.84. The van der Waals surface area contributed by atoms with Gasteiger partial charge in [0.15, 0.2) is 0 Å². The Morgan fingerprint density at radius 2 is 0.934 bits per heavy atom. The summed E-state index contributed by atoms with van der Waals surface area (Å²) in [5.41, 5.74) is 13.6. The van der Waals surface area contributed by atoms with Gasteiger partial charge >= 0.3 is 26.9 Å². The number of hydrogen-bond donors (Lipinski definition) is 0. The molecule has 0 aliphatic carbocycles. The molecule has 0 N–H and O–H groups in total. The van der Waals surface area contributed by atoms with Gasteiger partial charge in [-0.15, -0.1) is 4.52 Å². The Hall–Kier alpha value is -1.09. The summed E-state index contributed by atoms with van der Waals surface area (Å²) < 4.78 is 29.3. The standard InChI is InChI=1S/C23H32O2P.C21H27I.C4H10ClO2P.C4H9.Li/c1-8-25-26(24)22-12-10-9-11-19(22)23-20(16(4)5)13-18(15(2)3)14-21(23)17(6)7;1-13(2)16-11-18(14(3)4)21(19(12-16)15(5)6)17-9-7-8-10-20(17)22;1-3-6-8(5)7-4-2;1-3-4-2;/h9-17H,8H2,1-7H3;7-15H,1-6H3;3-4H2,1-2H3;1,3-4H2,2H3;/q+1;;;-1;+1. The molecule has 0 bridgehead atoms. The van der Waals surface area contributed by atoms with E-state index in [0.717, 1.165) is 17.3 Å². The molecule has 0 spiro atoms. The SMILES string of the molecule is CC(C)c1cc(C(C)C)c(-c2ccccc2I)c(C(C)C)c1.CCOP(Cl)OCC.CCO[P+](=O)c1ccccc1-c1c(C(C)C)cc(C(C)C)cc1C(C)C.[CH2-]CCC.[Li+]. The van der Waals surface area contributed by atoms with Gasteiger partial charge in [-0.25, -0.2) is 0 Å². The fourth-order valence-electron chi connectivity index (χ4n) is 6.47. The maximum absolute atomic E-state index is 12.7. The molecule has 1 unspecified atom stereocenters. The van der Waals surface area contributed by atoms with E-state index in [-0.39, 0.29) is 18.9 Å². The molecule has 4 aromatic carbocycles. The van der Waals surface area contributed by atoms with E-state index >= 15 is 0 Å². The van der Waals surface area contributed by atoms with Gasteiger partial charge in [-0.1, -0.05) is 151 Å². The van der Waals surface area contributed by atoms with Crippen LogP contribution in [0.3, 0.4) is 0 Å². The predicted molar refractivity (Wildman–Crippen MR) is 276 cm³/mol. The normalized spacial score (nSPS) is 11.3. The molecule has 61 heavy (non-hydrogen) atoms. The Bertz CT molecular complexity index is 1800. The number of hydrogen-bond acceptors (Lipinski definition) is 4. The molecule has 334 valence electrons. The Balaban J connectivity index is 0.000000928. The zero-order valence-electron chi connectivity index (χ0n) is 40.9. The summed E-state index contributed by atoms with van der Waals surface area (Å²) in [5, 5.41) is 0.797. The molecule has 4 rings (SSSR count). The minimum atomic E-state index is -1.85. The van der Waals surface area contributed by atoms with Crippen LogP contribution in [0.25, 0.3) is 22.3 Å². The van der Waals surface area contributed by atoms with Gasteiger partial charge in [0.1, 0.15) is 6.61 Å². The van der Waals surface area contributed by atoms with Crippen LogP contribution in [-0.2, 0) is 18.1 Å². The number of rotatable bonds is 16. The van der Waals surface area contributed by atoms with Gasteiger partial charge in [0, 0.05) is 9.13 Å². The van der Waals surface area contributed by atoms with Crippen LogP contribution in [0.1, 0.15) is 193 Å². The van der Waals surface area contributed by atoms with Crippen molar-refractivity contribution in [1.82, 2.24) is 0 Å². The van der Waals surface area contributed by atoms with Crippen LogP contribution in [-0.4, -0.2) is 19.8 Å². The van der Waals surface area contributed by atoms with E-state index in [1.807, 2.05) is 39.0 Å². The van der Waals surface area contributed by atoms with E-state index in [0.29, 0.717) is 55.3 Å². The van der Waals surface area contributed by atoms with Crippen LogP contribution in [0.5, 0.6) is 0 Å². The second-order valence-corrected chi connectivity index (χ2v) is 20.8. The average molecular weight is 998 g/mol. The smallest absolute Gasteiger partial charge is 0.343 e. The zero-order valence-corrected chi connectivity index (χ0v) is 45.6.